The molecule has 0 saturated heterocycles. The third kappa shape index (κ3) is 9.99. The van der Waals surface area contributed by atoms with Crippen LogP contribution in [0.3, 0.4) is 0 Å². The second-order valence-electron chi connectivity index (χ2n) is 9.12. The molecule has 0 bridgehead atoms. The molecule has 2 atom stereocenters. The number of rotatable bonds is 14. The van der Waals surface area contributed by atoms with Crippen LogP contribution in [0.25, 0.3) is 0 Å². The number of pyridine rings is 1. The van der Waals surface area contributed by atoms with Gasteiger partial charge in [-0.2, -0.15) is 0 Å². The Kier molecular flexibility index (Phi) is 11.3. The lowest BCUT2D eigenvalue weighted by atomic mass is 10.0. The molecule has 2 aromatic carbocycles. The molecular weight excluding hydrogens is 490 g/mol. The van der Waals surface area contributed by atoms with E-state index in [-0.39, 0.29) is 31.7 Å². The molecule has 1 heterocycles. The SMILES string of the molecule is CCc1cccc(CNCC(OC(=O)CCCC(=O)Nc2cccnc2)C(N)Cc2cc(F)cc(F)c2)c1. The van der Waals surface area contributed by atoms with Gasteiger partial charge in [0, 0.05) is 44.2 Å². The van der Waals surface area contributed by atoms with Crippen LogP contribution < -0.4 is 16.4 Å². The molecule has 4 N–H and O–H groups in total. The molecule has 0 aliphatic rings. The van der Waals surface area contributed by atoms with Crippen molar-refractivity contribution in [2.24, 2.45) is 5.73 Å². The summed E-state index contributed by atoms with van der Waals surface area (Å²) in [5.74, 6) is -2.12. The van der Waals surface area contributed by atoms with Crippen molar-refractivity contribution in [1.29, 1.82) is 0 Å². The van der Waals surface area contributed by atoms with Crippen molar-refractivity contribution in [1.82, 2.24) is 10.3 Å². The van der Waals surface area contributed by atoms with Crippen molar-refractivity contribution in [2.75, 3.05) is 11.9 Å². The molecule has 38 heavy (non-hydrogen) atoms. The van der Waals surface area contributed by atoms with Gasteiger partial charge < -0.3 is 21.1 Å². The predicted molar refractivity (Wildman–Crippen MR) is 142 cm³/mol. The summed E-state index contributed by atoms with van der Waals surface area (Å²) in [5.41, 5.74) is 9.60. The Morgan fingerprint density at radius 2 is 1.76 bits per heavy atom. The number of anilines is 1. The van der Waals surface area contributed by atoms with Gasteiger partial charge in [-0.25, -0.2) is 8.78 Å². The van der Waals surface area contributed by atoms with Crippen LogP contribution in [0.2, 0.25) is 0 Å². The highest BCUT2D eigenvalue weighted by atomic mass is 19.1. The van der Waals surface area contributed by atoms with Crippen LogP contribution in [0.5, 0.6) is 0 Å². The minimum absolute atomic E-state index is 0.0246. The van der Waals surface area contributed by atoms with Gasteiger partial charge in [-0.3, -0.25) is 14.6 Å². The van der Waals surface area contributed by atoms with Crippen LogP contribution >= 0.6 is 0 Å². The number of nitrogens with two attached hydrogens (primary N) is 1. The van der Waals surface area contributed by atoms with E-state index in [1.54, 1.807) is 18.3 Å². The number of nitrogens with one attached hydrogen (secondary N) is 2. The highest BCUT2D eigenvalue weighted by Gasteiger charge is 2.23. The van der Waals surface area contributed by atoms with Crippen LogP contribution in [-0.2, 0) is 33.7 Å². The van der Waals surface area contributed by atoms with Crippen LogP contribution in [0, 0.1) is 11.6 Å². The van der Waals surface area contributed by atoms with Crippen LogP contribution in [0.1, 0.15) is 42.9 Å². The maximum atomic E-state index is 13.7. The van der Waals surface area contributed by atoms with E-state index >= 15 is 0 Å². The maximum absolute atomic E-state index is 13.7. The third-order valence-corrected chi connectivity index (χ3v) is 5.96. The van der Waals surface area contributed by atoms with E-state index in [0.717, 1.165) is 18.1 Å². The van der Waals surface area contributed by atoms with Crippen LogP contribution in [-0.4, -0.2) is 35.6 Å². The first kappa shape index (κ1) is 28.9. The Morgan fingerprint density at radius 1 is 1.00 bits per heavy atom. The van der Waals surface area contributed by atoms with E-state index in [2.05, 4.69) is 34.7 Å². The van der Waals surface area contributed by atoms with Crippen LogP contribution in [0.15, 0.2) is 67.0 Å². The lowest BCUT2D eigenvalue weighted by Crippen LogP contribution is -2.46. The standard InChI is InChI=1S/C29H34F2N4O3/c1-2-20-6-3-7-21(12-20)17-34-19-27(26(32)15-22-13-23(30)16-24(31)14-22)38-29(37)10-4-9-28(36)35-25-8-5-11-33-18-25/h3,5-8,11-14,16,18,26-27,34H,2,4,9-10,15,17,19,32H2,1H3,(H,35,36). The van der Waals surface area contributed by atoms with Gasteiger partial charge in [0.1, 0.15) is 17.7 Å². The van der Waals surface area contributed by atoms with Gasteiger partial charge in [0.15, 0.2) is 0 Å². The van der Waals surface area contributed by atoms with Crippen molar-refractivity contribution in [2.45, 2.75) is 57.7 Å². The van der Waals surface area contributed by atoms with Gasteiger partial charge in [-0.15, -0.1) is 0 Å². The average molecular weight is 525 g/mol. The molecule has 202 valence electrons. The summed E-state index contributed by atoms with van der Waals surface area (Å²) in [7, 11) is 0. The van der Waals surface area contributed by atoms with Crippen molar-refractivity contribution in [3.05, 3.63) is 95.3 Å². The summed E-state index contributed by atoms with van der Waals surface area (Å²) in [5, 5.41) is 5.99. The first-order valence-electron chi connectivity index (χ1n) is 12.7. The molecule has 0 fully saturated rings. The Balaban J connectivity index is 1.55. The quantitative estimate of drug-likeness (QED) is 0.272. The second-order valence-corrected chi connectivity index (χ2v) is 9.12. The van der Waals surface area contributed by atoms with E-state index in [0.29, 0.717) is 24.2 Å². The summed E-state index contributed by atoms with van der Waals surface area (Å²) in [6, 6.07) is 14.1. The molecule has 2 unspecified atom stereocenters. The first-order chi connectivity index (χ1) is 18.3. The molecule has 0 saturated carbocycles. The van der Waals surface area contributed by atoms with Crippen molar-refractivity contribution in [3.63, 3.8) is 0 Å². The molecule has 0 aliphatic carbocycles. The van der Waals surface area contributed by atoms with Gasteiger partial charge >= 0.3 is 5.97 Å². The number of esters is 1. The number of ether oxygens (including phenoxy) is 1. The molecule has 1 aromatic heterocycles. The molecule has 0 aliphatic heterocycles. The number of carbonyl (C=O) groups excluding carboxylic acids is 2. The lowest BCUT2D eigenvalue weighted by molar-refractivity contribution is -0.150. The molecule has 9 heteroatoms. The summed E-state index contributed by atoms with van der Waals surface area (Å²) in [6.45, 7) is 2.87. The number of benzene rings is 2. The van der Waals surface area contributed by atoms with Gasteiger partial charge in [0.2, 0.25) is 5.91 Å². The Morgan fingerprint density at radius 3 is 2.47 bits per heavy atom. The summed E-state index contributed by atoms with van der Waals surface area (Å²) in [4.78, 5) is 28.7. The van der Waals surface area contributed by atoms with Gasteiger partial charge in [-0.1, -0.05) is 31.2 Å². The van der Waals surface area contributed by atoms with Crippen molar-refractivity contribution in [3.8, 4) is 0 Å². The molecule has 3 rings (SSSR count). The topological polar surface area (TPSA) is 106 Å². The highest BCUT2D eigenvalue weighted by Crippen LogP contribution is 2.14. The third-order valence-electron chi connectivity index (χ3n) is 5.96. The number of aryl methyl sites for hydroxylation is 1. The number of halogens is 2. The fourth-order valence-electron chi connectivity index (χ4n) is 4.01. The molecule has 1 amide bonds. The minimum atomic E-state index is -0.743. The van der Waals surface area contributed by atoms with Crippen molar-refractivity contribution >= 4 is 17.6 Å². The monoisotopic (exact) mass is 524 g/mol. The summed E-state index contributed by atoms with van der Waals surface area (Å²) >= 11 is 0. The Bertz CT molecular complexity index is 1170. The van der Waals surface area contributed by atoms with Gasteiger partial charge in [-0.05, 0) is 60.2 Å². The molecule has 3 aromatic rings. The highest BCUT2D eigenvalue weighted by molar-refractivity contribution is 5.90. The molecule has 7 nitrogen and oxygen atoms in total. The van der Waals surface area contributed by atoms with E-state index in [1.807, 2.05) is 12.1 Å². The van der Waals surface area contributed by atoms with E-state index < -0.39 is 29.7 Å². The number of nitrogens with zero attached hydrogens (tertiary/aromatic N) is 1. The van der Waals surface area contributed by atoms with Crippen molar-refractivity contribution < 1.29 is 23.1 Å². The zero-order valence-corrected chi connectivity index (χ0v) is 21.5. The largest absolute Gasteiger partial charge is 0.459 e. The average Bonchev–Trinajstić information content (AvgIpc) is 2.88. The molecule has 0 spiro atoms. The number of amides is 1. The Labute approximate surface area is 221 Å². The summed E-state index contributed by atoms with van der Waals surface area (Å²) < 4.78 is 33.0. The van der Waals surface area contributed by atoms with E-state index in [4.69, 9.17) is 10.5 Å². The lowest BCUT2D eigenvalue weighted by Gasteiger charge is -2.25. The maximum Gasteiger partial charge on any atom is 0.306 e. The van der Waals surface area contributed by atoms with Gasteiger partial charge in [0.25, 0.3) is 0 Å². The van der Waals surface area contributed by atoms with Crippen LogP contribution in [0.4, 0.5) is 14.5 Å². The zero-order valence-electron chi connectivity index (χ0n) is 21.5. The number of carbonyl (C=O) groups is 2. The fraction of sp³-hybridized carbons (Fsp3) is 0.345. The molecule has 0 radical (unpaired) electrons. The Hall–Kier alpha value is -3.69. The number of hydrogen-bond donors (Lipinski definition) is 3. The normalized spacial score (nSPS) is 12.5. The first-order valence-corrected chi connectivity index (χ1v) is 12.7. The van der Waals surface area contributed by atoms with Gasteiger partial charge in [0.05, 0.1) is 11.9 Å². The zero-order chi connectivity index (χ0) is 27.3. The number of aromatic nitrogens is 1. The van der Waals surface area contributed by atoms with E-state index in [9.17, 15) is 18.4 Å². The fourth-order valence-corrected chi connectivity index (χ4v) is 4.01. The predicted octanol–water partition coefficient (Wildman–Crippen LogP) is 4.30. The number of hydrogen-bond acceptors (Lipinski definition) is 6. The minimum Gasteiger partial charge on any atom is -0.459 e. The smallest absolute Gasteiger partial charge is 0.306 e. The molecular formula is C29H34F2N4O3. The van der Waals surface area contributed by atoms with E-state index in [1.165, 1.54) is 23.9 Å². The summed E-state index contributed by atoms with van der Waals surface area (Å²) in [6.07, 6.45) is 3.89. The second kappa shape index (κ2) is 14.9.